The monoisotopic (exact) mass is 238 g/mol. The average Bonchev–Trinajstić information content (AvgIpc) is 2.44. The second-order valence-corrected chi connectivity index (χ2v) is 4.46. The normalized spacial score (nSPS) is 22.0. The third kappa shape index (κ3) is 2.36. The first-order chi connectivity index (χ1) is 7.68. The third-order valence-corrected chi connectivity index (χ3v) is 3.22. The molecule has 1 heterocycles. The van der Waals surface area contributed by atoms with Crippen molar-refractivity contribution >= 4 is 17.5 Å². The Labute approximate surface area is 100 Å². The minimum atomic E-state index is 0.104. The number of carbonyl (C=O) groups is 1. The first-order valence-electron chi connectivity index (χ1n) is 5.40. The number of carbonyl (C=O) groups excluding carboxylic acids is 1. The molecular weight excluding hydrogens is 224 g/mol. The molecule has 1 aliphatic heterocycles. The Morgan fingerprint density at radius 3 is 2.75 bits per heavy atom. The molecule has 1 unspecified atom stereocenters. The maximum Gasteiger partial charge on any atom is 0.224 e. The molecule has 2 rings (SSSR count). The fraction of sp³-hybridized carbons (Fsp3) is 0.417. The molecule has 1 aromatic carbocycles. The van der Waals surface area contributed by atoms with Crippen molar-refractivity contribution in [2.75, 3.05) is 20.1 Å². The van der Waals surface area contributed by atoms with Gasteiger partial charge in [-0.2, -0.15) is 0 Å². The predicted octanol–water partition coefficient (Wildman–Crippen LogP) is 1.83. The highest BCUT2D eigenvalue weighted by Crippen LogP contribution is 2.22. The lowest BCUT2D eigenvalue weighted by molar-refractivity contribution is -0.131. The lowest BCUT2D eigenvalue weighted by Crippen LogP contribution is -2.32. The number of nitrogens with zero attached hydrogens (tertiary/aromatic N) is 1. The molecular formula is C12H15ClN2O. The van der Waals surface area contributed by atoms with Crippen LogP contribution < -0.4 is 5.32 Å². The van der Waals surface area contributed by atoms with Crippen molar-refractivity contribution in [1.29, 1.82) is 0 Å². The number of benzene rings is 1. The van der Waals surface area contributed by atoms with Gasteiger partial charge in [0.2, 0.25) is 5.91 Å². The zero-order valence-electron chi connectivity index (χ0n) is 9.24. The summed E-state index contributed by atoms with van der Waals surface area (Å²) in [5, 5.41) is 4.00. The van der Waals surface area contributed by atoms with E-state index in [0.717, 1.165) is 23.7 Å². The number of amides is 1. The Hall–Kier alpha value is -1.06. The molecule has 0 bridgehead atoms. The largest absolute Gasteiger partial charge is 0.337 e. The molecule has 1 saturated heterocycles. The van der Waals surface area contributed by atoms with Crippen LogP contribution in [-0.2, 0) is 4.79 Å². The Kier molecular flexibility index (Phi) is 3.46. The van der Waals surface area contributed by atoms with Crippen LogP contribution in [0.2, 0.25) is 5.02 Å². The summed E-state index contributed by atoms with van der Waals surface area (Å²) in [6, 6.07) is 7.78. The van der Waals surface area contributed by atoms with E-state index in [1.807, 2.05) is 36.2 Å². The lowest BCUT2D eigenvalue weighted by atomic mass is 10.1. The average molecular weight is 239 g/mol. The number of likely N-dealkylation sites (N-methyl/N-ethyl adjacent to an activating group) is 1. The second-order valence-electron chi connectivity index (χ2n) is 4.03. The summed E-state index contributed by atoms with van der Waals surface area (Å²) in [6.45, 7) is 1.55. The van der Waals surface area contributed by atoms with Crippen LogP contribution in [0.4, 0.5) is 0 Å². The summed E-state index contributed by atoms with van der Waals surface area (Å²) in [7, 11) is 1.86. The van der Waals surface area contributed by atoms with Gasteiger partial charge in [0, 0.05) is 31.6 Å². The van der Waals surface area contributed by atoms with E-state index in [0.29, 0.717) is 6.42 Å². The SMILES string of the molecule is CN1C(=O)CCNCC1c1ccc(Cl)cc1. The number of halogens is 1. The molecule has 3 nitrogen and oxygen atoms in total. The molecule has 1 aliphatic rings. The van der Waals surface area contributed by atoms with Gasteiger partial charge < -0.3 is 10.2 Å². The Bertz CT molecular complexity index is 377. The number of hydrogen-bond donors (Lipinski definition) is 1. The lowest BCUT2D eigenvalue weighted by Gasteiger charge is -2.26. The Morgan fingerprint density at radius 1 is 1.38 bits per heavy atom. The maximum absolute atomic E-state index is 11.7. The smallest absolute Gasteiger partial charge is 0.224 e. The van der Waals surface area contributed by atoms with Gasteiger partial charge in [0.05, 0.1) is 6.04 Å². The van der Waals surface area contributed by atoms with Crippen molar-refractivity contribution < 1.29 is 4.79 Å². The van der Waals surface area contributed by atoms with Crippen molar-refractivity contribution in [1.82, 2.24) is 10.2 Å². The minimum Gasteiger partial charge on any atom is -0.337 e. The van der Waals surface area contributed by atoms with E-state index in [1.165, 1.54) is 0 Å². The molecule has 1 fully saturated rings. The van der Waals surface area contributed by atoms with E-state index in [1.54, 1.807) is 0 Å². The zero-order chi connectivity index (χ0) is 11.5. The van der Waals surface area contributed by atoms with Crippen LogP contribution >= 0.6 is 11.6 Å². The zero-order valence-corrected chi connectivity index (χ0v) is 10.00. The summed E-state index contributed by atoms with van der Waals surface area (Å²) >= 11 is 5.85. The Morgan fingerprint density at radius 2 is 2.06 bits per heavy atom. The third-order valence-electron chi connectivity index (χ3n) is 2.97. The van der Waals surface area contributed by atoms with Gasteiger partial charge in [-0.3, -0.25) is 4.79 Å². The van der Waals surface area contributed by atoms with Gasteiger partial charge in [0.1, 0.15) is 0 Å². The summed E-state index contributed by atoms with van der Waals surface area (Å²) in [4.78, 5) is 13.5. The first kappa shape index (κ1) is 11.4. The first-order valence-corrected chi connectivity index (χ1v) is 5.78. The van der Waals surface area contributed by atoms with Crippen LogP contribution in [0.5, 0.6) is 0 Å². The summed E-state index contributed by atoms with van der Waals surface area (Å²) in [6.07, 6.45) is 0.570. The molecule has 0 spiro atoms. The van der Waals surface area contributed by atoms with Crippen LogP contribution in [0.3, 0.4) is 0 Å². The van der Waals surface area contributed by atoms with Gasteiger partial charge in [0.25, 0.3) is 0 Å². The van der Waals surface area contributed by atoms with Crippen LogP contribution in [0.1, 0.15) is 18.0 Å². The van der Waals surface area contributed by atoms with Crippen LogP contribution in [0, 0.1) is 0 Å². The van der Waals surface area contributed by atoms with Gasteiger partial charge in [-0.05, 0) is 17.7 Å². The second kappa shape index (κ2) is 4.85. The van der Waals surface area contributed by atoms with Crippen LogP contribution in [-0.4, -0.2) is 30.9 Å². The molecule has 16 heavy (non-hydrogen) atoms. The fourth-order valence-electron chi connectivity index (χ4n) is 1.95. The van der Waals surface area contributed by atoms with E-state index in [9.17, 15) is 4.79 Å². The molecule has 1 amide bonds. The molecule has 1 atom stereocenters. The van der Waals surface area contributed by atoms with Crippen molar-refractivity contribution in [3.8, 4) is 0 Å². The highest BCUT2D eigenvalue weighted by molar-refractivity contribution is 6.30. The van der Waals surface area contributed by atoms with Crippen LogP contribution in [0.25, 0.3) is 0 Å². The Balaban J connectivity index is 2.23. The fourth-order valence-corrected chi connectivity index (χ4v) is 2.07. The maximum atomic E-state index is 11.7. The van der Waals surface area contributed by atoms with Crippen LogP contribution in [0.15, 0.2) is 24.3 Å². The van der Waals surface area contributed by atoms with Crippen molar-refractivity contribution in [3.05, 3.63) is 34.9 Å². The molecule has 86 valence electrons. The molecule has 0 radical (unpaired) electrons. The quantitative estimate of drug-likeness (QED) is 0.810. The summed E-state index contributed by atoms with van der Waals surface area (Å²) in [5.74, 6) is 0.185. The topological polar surface area (TPSA) is 32.3 Å². The summed E-state index contributed by atoms with van der Waals surface area (Å²) < 4.78 is 0. The van der Waals surface area contributed by atoms with E-state index in [2.05, 4.69) is 5.32 Å². The van der Waals surface area contributed by atoms with Crippen molar-refractivity contribution in [2.45, 2.75) is 12.5 Å². The van der Waals surface area contributed by atoms with Gasteiger partial charge in [-0.1, -0.05) is 23.7 Å². The number of rotatable bonds is 1. The molecule has 0 aliphatic carbocycles. The summed E-state index contributed by atoms with van der Waals surface area (Å²) in [5.41, 5.74) is 1.12. The molecule has 1 N–H and O–H groups in total. The van der Waals surface area contributed by atoms with Crippen molar-refractivity contribution in [3.63, 3.8) is 0 Å². The van der Waals surface area contributed by atoms with Gasteiger partial charge >= 0.3 is 0 Å². The van der Waals surface area contributed by atoms with E-state index in [4.69, 9.17) is 11.6 Å². The molecule has 1 aromatic rings. The minimum absolute atomic E-state index is 0.104. The molecule has 0 aromatic heterocycles. The van der Waals surface area contributed by atoms with Gasteiger partial charge in [0.15, 0.2) is 0 Å². The predicted molar refractivity (Wildman–Crippen MR) is 64.4 cm³/mol. The molecule has 0 saturated carbocycles. The highest BCUT2D eigenvalue weighted by atomic mass is 35.5. The van der Waals surface area contributed by atoms with Gasteiger partial charge in [-0.25, -0.2) is 0 Å². The van der Waals surface area contributed by atoms with E-state index >= 15 is 0 Å². The standard InChI is InChI=1S/C12H15ClN2O/c1-15-11(8-14-7-6-12(15)16)9-2-4-10(13)5-3-9/h2-5,11,14H,6-8H2,1H3. The molecule has 4 heteroatoms. The number of hydrogen-bond acceptors (Lipinski definition) is 2. The highest BCUT2D eigenvalue weighted by Gasteiger charge is 2.23. The van der Waals surface area contributed by atoms with Gasteiger partial charge in [-0.15, -0.1) is 0 Å². The van der Waals surface area contributed by atoms with Crippen molar-refractivity contribution in [2.24, 2.45) is 0 Å². The number of nitrogens with one attached hydrogen (secondary N) is 1. The van der Waals surface area contributed by atoms with E-state index < -0.39 is 0 Å². The van der Waals surface area contributed by atoms with E-state index in [-0.39, 0.29) is 11.9 Å².